The van der Waals surface area contributed by atoms with Crippen molar-refractivity contribution in [2.75, 3.05) is 6.54 Å². The summed E-state index contributed by atoms with van der Waals surface area (Å²) in [6.45, 7) is 2.85. The first-order valence-electron chi connectivity index (χ1n) is 10.4. The fraction of sp³-hybridized carbons (Fsp3) is 0.850. The molecule has 26 heavy (non-hydrogen) atoms. The number of amidine groups is 1. The molecule has 1 aliphatic heterocycles. The predicted octanol–water partition coefficient (Wildman–Crippen LogP) is 3.24. The molecular weight excluding hydrogens is 346 g/mol. The maximum atomic E-state index is 12.3. The highest BCUT2D eigenvalue weighted by Gasteiger charge is 2.51. The lowest BCUT2D eigenvalue weighted by Crippen LogP contribution is -2.50. The number of carbonyl (C=O) groups excluding carboxylic acids is 2. The van der Waals surface area contributed by atoms with Crippen LogP contribution in [0.5, 0.6) is 0 Å². The highest BCUT2D eigenvalue weighted by Crippen LogP contribution is 2.57. The van der Waals surface area contributed by atoms with Gasteiger partial charge in [-0.15, -0.1) is 0 Å². The molecule has 2 N–H and O–H groups in total. The fourth-order valence-electron chi connectivity index (χ4n) is 5.85. The van der Waals surface area contributed by atoms with Gasteiger partial charge in [-0.3, -0.25) is 14.6 Å². The van der Waals surface area contributed by atoms with E-state index in [4.69, 9.17) is 4.99 Å². The summed E-state index contributed by atoms with van der Waals surface area (Å²) >= 11 is 1.47. The van der Waals surface area contributed by atoms with Crippen LogP contribution >= 0.6 is 11.8 Å². The summed E-state index contributed by atoms with van der Waals surface area (Å²) in [5.74, 6) is 2.46. The number of nitrogens with one attached hydrogen (secondary N) is 2. The second-order valence-electron chi connectivity index (χ2n) is 8.92. The van der Waals surface area contributed by atoms with Gasteiger partial charge < -0.3 is 10.6 Å². The summed E-state index contributed by atoms with van der Waals surface area (Å²) in [5.41, 5.74) is 0.0711. The molecule has 5 fully saturated rings. The minimum Gasteiger partial charge on any atom is -0.356 e. The Morgan fingerprint density at radius 2 is 1.85 bits per heavy atom. The van der Waals surface area contributed by atoms with Crippen LogP contribution in [0.2, 0.25) is 0 Å². The summed E-state index contributed by atoms with van der Waals surface area (Å²) in [7, 11) is 0. The molecule has 2 amide bonds. The van der Waals surface area contributed by atoms with Crippen LogP contribution in [0.25, 0.3) is 0 Å². The molecule has 4 saturated carbocycles. The lowest BCUT2D eigenvalue weighted by Gasteiger charge is -2.55. The maximum Gasteiger partial charge on any atom is 0.240 e. The fourth-order valence-corrected chi connectivity index (χ4v) is 6.93. The Balaban J connectivity index is 1.33. The number of amides is 2. The number of rotatable bonds is 7. The van der Waals surface area contributed by atoms with Gasteiger partial charge in [0.15, 0.2) is 5.17 Å². The number of nitrogens with zero attached hydrogens (tertiary/aromatic N) is 1. The average molecular weight is 378 g/mol. The smallest absolute Gasteiger partial charge is 0.240 e. The van der Waals surface area contributed by atoms with Crippen LogP contribution in [0.1, 0.15) is 71.1 Å². The van der Waals surface area contributed by atoms with Gasteiger partial charge in [0.25, 0.3) is 0 Å². The molecule has 0 spiro atoms. The Morgan fingerprint density at radius 1 is 1.19 bits per heavy atom. The molecule has 6 heteroatoms. The van der Waals surface area contributed by atoms with Gasteiger partial charge in [0.05, 0.1) is 5.54 Å². The summed E-state index contributed by atoms with van der Waals surface area (Å²) in [6.07, 6.45) is 11.3. The molecule has 1 unspecified atom stereocenters. The minimum absolute atomic E-state index is 0.0233. The molecule has 5 aliphatic rings. The van der Waals surface area contributed by atoms with Crippen molar-refractivity contribution < 1.29 is 9.59 Å². The SMILES string of the molecule is CCCCCNC(=O)CC1SC(=NC23CC4CC(CC(C4)C2)C3)NC1=O. The third-order valence-corrected chi connectivity index (χ3v) is 7.68. The molecule has 1 heterocycles. The minimum atomic E-state index is -0.325. The van der Waals surface area contributed by atoms with Crippen LogP contribution in [-0.2, 0) is 9.59 Å². The van der Waals surface area contributed by atoms with Gasteiger partial charge in [-0.1, -0.05) is 31.5 Å². The van der Waals surface area contributed by atoms with Crippen molar-refractivity contribution >= 4 is 28.7 Å². The van der Waals surface area contributed by atoms with Gasteiger partial charge in [0.2, 0.25) is 11.8 Å². The lowest BCUT2D eigenvalue weighted by atomic mass is 9.53. The quantitative estimate of drug-likeness (QED) is 0.669. The number of thioether (sulfide) groups is 1. The molecule has 4 aliphatic carbocycles. The van der Waals surface area contributed by atoms with Crippen LogP contribution < -0.4 is 10.6 Å². The predicted molar refractivity (Wildman–Crippen MR) is 105 cm³/mol. The average Bonchev–Trinajstić information content (AvgIpc) is 2.88. The number of aliphatic imine (C=N–C) groups is 1. The largest absolute Gasteiger partial charge is 0.356 e. The van der Waals surface area contributed by atoms with Crippen molar-refractivity contribution in [3.05, 3.63) is 0 Å². The van der Waals surface area contributed by atoms with Crippen molar-refractivity contribution in [1.82, 2.24) is 10.6 Å². The van der Waals surface area contributed by atoms with E-state index in [1.165, 1.54) is 50.3 Å². The zero-order valence-corrected chi connectivity index (χ0v) is 16.6. The van der Waals surface area contributed by atoms with Gasteiger partial charge in [0.1, 0.15) is 5.25 Å². The number of hydrogen-bond donors (Lipinski definition) is 2. The second-order valence-corrected chi connectivity index (χ2v) is 10.1. The first-order valence-corrected chi connectivity index (χ1v) is 11.3. The number of unbranched alkanes of at least 4 members (excludes halogenated alkanes) is 2. The van der Waals surface area contributed by atoms with E-state index in [1.54, 1.807) is 0 Å². The Hall–Kier alpha value is -1.04. The van der Waals surface area contributed by atoms with Gasteiger partial charge in [0, 0.05) is 13.0 Å². The van der Waals surface area contributed by atoms with E-state index in [-0.39, 0.29) is 29.0 Å². The van der Waals surface area contributed by atoms with E-state index >= 15 is 0 Å². The van der Waals surface area contributed by atoms with Crippen molar-refractivity contribution in [2.45, 2.75) is 81.9 Å². The van der Waals surface area contributed by atoms with E-state index < -0.39 is 0 Å². The van der Waals surface area contributed by atoms with Crippen LogP contribution in [0.3, 0.4) is 0 Å². The van der Waals surface area contributed by atoms with E-state index in [0.717, 1.165) is 42.2 Å². The van der Waals surface area contributed by atoms with Crippen LogP contribution in [0, 0.1) is 17.8 Å². The molecule has 0 aromatic rings. The third kappa shape index (κ3) is 3.95. The Bertz CT molecular complexity index is 569. The summed E-state index contributed by atoms with van der Waals surface area (Å²) in [5, 5.41) is 6.33. The Kier molecular flexibility index (Phi) is 5.31. The standard InChI is InChI=1S/C20H31N3O2S/c1-2-3-4-5-21-17(24)9-16-18(25)22-19(26-16)23-20-10-13-6-14(11-20)8-15(7-13)12-20/h13-16H,2-12H2,1H3,(H,21,24)(H,22,23,25). The molecule has 0 aromatic carbocycles. The van der Waals surface area contributed by atoms with Gasteiger partial charge in [-0.05, 0) is 62.7 Å². The van der Waals surface area contributed by atoms with Crippen molar-refractivity contribution in [1.29, 1.82) is 0 Å². The molecule has 144 valence electrons. The summed E-state index contributed by atoms with van der Waals surface area (Å²) < 4.78 is 0. The molecule has 1 saturated heterocycles. The molecular formula is C20H31N3O2S. The molecule has 5 rings (SSSR count). The van der Waals surface area contributed by atoms with Gasteiger partial charge in [-0.25, -0.2) is 0 Å². The molecule has 4 bridgehead atoms. The van der Waals surface area contributed by atoms with Gasteiger partial charge in [-0.2, -0.15) is 0 Å². The molecule has 0 radical (unpaired) electrons. The highest BCUT2D eigenvalue weighted by atomic mass is 32.2. The first kappa shape index (κ1) is 18.3. The lowest BCUT2D eigenvalue weighted by molar-refractivity contribution is -0.125. The molecule has 5 nitrogen and oxygen atoms in total. The van der Waals surface area contributed by atoms with Crippen molar-refractivity contribution in [3.8, 4) is 0 Å². The van der Waals surface area contributed by atoms with Crippen LogP contribution in [0.15, 0.2) is 4.99 Å². The van der Waals surface area contributed by atoms with E-state index in [2.05, 4.69) is 17.6 Å². The zero-order chi connectivity index (χ0) is 18.1. The highest BCUT2D eigenvalue weighted by molar-refractivity contribution is 8.15. The summed E-state index contributed by atoms with van der Waals surface area (Å²) in [4.78, 5) is 29.4. The molecule has 1 atom stereocenters. The van der Waals surface area contributed by atoms with Crippen molar-refractivity contribution in [3.63, 3.8) is 0 Å². The second kappa shape index (κ2) is 7.53. The van der Waals surface area contributed by atoms with E-state index in [0.29, 0.717) is 6.54 Å². The van der Waals surface area contributed by atoms with Crippen LogP contribution in [0.4, 0.5) is 0 Å². The Labute approximate surface area is 160 Å². The van der Waals surface area contributed by atoms with Gasteiger partial charge >= 0.3 is 0 Å². The van der Waals surface area contributed by atoms with Crippen molar-refractivity contribution in [2.24, 2.45) is 22.7 Å². The zero-order valence-electron chi connectivity index (χ0n) is 15.8. The summed E-state index contributed by atoms with van der Waals surface area (Å²) in [6, 6.07) is 0. The number of carbonyl (C=O) groups is 2. The molecule has 0 aromatic heterocycles. The topological polar surface area (TPSA) is 70.6 Å². The van der Waals surface area contributed by atoms with E-state index in [1.807, 2.05) is 0 Å². The monoisotopic (exact) mass is 377 g/mol. The third-order valence-electron chi connectivity index (χ3n) is 6.59. The van der Waals surface area contributed by atoms with E-state index in [9.17, 15) is 9.59 Å². The number of hydrogen-bond acceptors (Lipinski definition) is 4. The van der Waals surface area contributed by atoms with Crippen LogP contribution in [-0.4, -0.2) is 34.3 Å². The normalized spacial score (nSPS) is 39.4. The maximum absolute atomic E-state index is 12.3. The first-order chi connectivity index (χ1) is 12.5. The Morgan fingerprint density at radius 3 is 2.46 bits per heavy atom.